The van der Waals surface area contributed by atoms with Gasteiger partial charge in [0.2, 0.25) is 5.91 Å². The van der Waals surface area contributed by atoms with Gasteiger partial charge in [0.05, 0.1) is 6.04 Å². The van der Waals surface area contributed by atoms with Crippen LogP contribution >= 0.6 is 0 Å². The van der Waals surface area contributed by atoms with Crippen molar-refractivity contribution in [3.63, 3.8) is 0 Å². The fourth-order valence-corrected chi connectivity index (χ4v) is 2.46. The van der Waals surface area contributed by atoms with E-state index in [1.807, 2.05) is 6.92 Å². The largest absolute Gasteiger partial charge is 0.370 e. The molecule has 17 heavy (non-hydrogen) atoms. The Bertz CT molecular complexity index is 275. The number of amides is 2. The molecule has 0 radical (unpaired) electrons. The topological polar surface area (TPSA) is 101 Å². The zero-order valence-corrected chi connectivity index (χ0v) is 10.3. The molecule has 0 aromatic heterocycles. The molecule has 0 aliphatic carbocycles. The monoisotopic (exact) mass is 242 g/mol. The molecule has 1 aliphatic rings. The number of hydrogen-bond acceptors (Lipinski definition) is 4. The molecule has 5 N–H and O–H groups in total. The van der Waals surface area contributed by atoms with E-state index in [-0.39, 0.29) is 17.9 Å². The summed E-state index contributed by atoms with van der Waals surface area (Å²) in [5.74, 6) is 5.15. The van der Waals surface area contributed by atoms with Crippen LogP contribution in [0.5, 0.6) is 0 Å². The van der Waals surface area contributed by atoms with Gasteiger partial charge in [-0.15, -0.1) is 0 Å². The number of primary amides is 1. The van der Waals surface area contributed by atoms with Crippen LogP contribution in [0.2, 0.25) is 0 Å². The van der Waals surface area contributed by atoms with Crippen LogP contribution in [0.15, 0.2) is 0 Å². The molecule has 1 heterocycles. The summed E-state index contributed by atoms with van der Waals surface area (Å²) in [4.78, 5) is 24.5. The second-order valence-electron chi connectivity index (χ2n) is 4.58. The quantitative estimate of drug-likeness (QED) is 0.338. The van der Waals surface area contributed by atoms with E-state index in [1.54, 1.807) is 0 Å². The molecule has 1 atom stereocenters. The normalized spacial score (nSPS) is 19.9. The number of rotatable bonds is 5. The molecule has 6 heteroatoms. The first kappa shape index (κ1) is 13.9. The van der Waals surface area contributed by atoms with Gasteiger partial charge in [-0.25, -0.2) is 5.84 Å². The summed E-state index contributed by atoms with van der Waals surface area (Å²) in [5.41, 5.74) is 7.38. The number of hydrazine groups is 1. The van der Waals surface area contributed by atoms with Gasteiger partial charge < -0.3 is 5.73 Å². The third kappa shape index (κ3) is 3.98. The van der Waals surface area contributed by atoms with Crippen LogP contribution in [0.25, 0.3) is 0 Å². The Morgan fingerprint density at radius 1 is 1.41 bits per heavy atom. The fourth-order valence-electron chi connectivity index (χ4n) is 2.46. The van der Waals surface area contributed by atoms with Gasteiger partial charge in [-0.2, -0.15) is 0 Å². The summed E-state index contributed by atoms with van der Waals surface area (Å²) in [5, 5.41) is 0. The van der Waals surface area contributed by atoms with Crippen molar-refractivity contribution >= 4 is 11.8 Å². The summed E-state index contributed by atoms with van der Waals surface area (Å²) < 4.78 is 0. The minimum Gasteiger partial charge on any atom is -0.370 e. The number of carbonyl (C=O) groups is 2. The van der Waals surface area contributed by atoms with Crippen LogP contribution in [0, 0.1) is 5.92 Å². The smallest absolute Gasteiger partial charge is 0.251 e. The van der Waals surface area contributed by atoms with Gasteiger partial charge in [0.25, 0.3) is 5.91 Å². The lowest BCUT2D eigenvalue weighted by Crippen LogP contribution is -2.51. The van der Waals surface area contributed by atoms with E-state index in [2.05, 4.69) is 10.3 Å². The van der Waals surface area contributed by atoms with Crippen molar-refractivity contribution in [1.29, 1.82) is 0 Å². The first-order chi connectivity index (χ1) is 8.08. The van der Waals surface area contributed by atoms with Crippen molar-refractivity contribution in [2.45, 2.75) is 38.6 Å². The average molecular weight is 242 g/mol. The molecule has 6 nitrogen and oxygen atoms in total. The van der Waals surface area contributed by atoms with E-state index < -0.39 is 0 Å². The molecule has 0 aromatic rings. The molecule has 1 fully saturated rings. The Labute approximate surface area is 102 Å². The predicted octanol–water partition coefficient (Wildman–Crippen LogP) is -0.658. The van der Waals surface area contributed by atoms with Crippen LogP contribution in [0.1, 0.15) is 32.6 Å². The summed E-state index contributed by atoms with van der Waals surface area (Å²) in [6, 6.07) is -0.158. The molecular weight excluding hydrogens is 220 g/mol. The zero-order valence-electron chi connectivity index (χ0n) is 10.3. The van der Waals surface area contributed by atoms with Gasteiger partial charge in [-0.1, -0.05) is 6.92 Å². The Hall–Kier alpha value is -1.14. The van der Waals surface area contributed by atoms with E-state index in [9.17, 15) is 9.59 Å². The summed E-state index contributed by atoms with van der Waals surface area (Å²) in [6.45, 7) is 3.61. The number of nitrogens with zero attached hydrogens (tertiary/aromatic N) is 1. The Balaban J connectivity index is 2.44. The maximum absolute atomic E-state index is 11.5. The van der Waals surface area contributed by atoms with Gasteiger partial charge >= 0.3 is 0 Å². The molecular formula is C11H22N4O2. The first-order valence-corrected chi connectivity index (χ1v) is 6.11. The lowest BCUT2D eigenvalue weighted by atomic mass is 9.92. The Kier molecular flexibility index (Phi) is 5.37. The maximum atomic E-state index is 11.5. The molecule has 98 valence electrons. The fraction of sp³-hybridized carbons (Fsp3) is 0.818. The number of likely N-dealkylation sites (tertiary alicyclic amines) is 1. The summed E-state index contributed by atoms with van der Waals surface area (Å²) in [6.07, 6.45) is 3.02. The van der Waals surface area contributed by atoms with Gasteiger partial charge in [-0.05, 0) is 38.3 Å². The van der Waals surface area contributed by atoms with Crippen molar-refractivity contribution in [2.24, 2.45) is 17.5 Å². The van der Waals surface area contributed by atoms with Crippen LogP contribution in [0.4, 0.5) is 0 Å². The molecule has 1 unspecified atom stereocenters. The molecule has 0 bridgehead atoms. The first-order valence-electron chi connectivity index (χ1n) is 6.11. The van der Waals surface area contributed by atoms with Gasteiger partial charge in [0.1, 0.15) is 0 Å². The lowest BCUT2D eigenvalue weighted by Gasteiger charge is -2.35. The average Bonchev–Trinajstić information content (AvgIpc) is 2.31. The molecule has 0 spiro atoms. The van der Waals surface area contributed by atoms with Crippen LogP contribution in [-0.4, -0.2) is 35.8 Å². The summed E-state index contributed by atoms with van der Waals surface area (Å²) >= 11 is 0. The van der Waals surface area contributed by atoms with Crippen molar-refractivity contribution < 1.29 is 9.59 Å². The van der Waals surface area contributed by atoms with Gasteiger partial charge in [-0.3, -0.25) is 19.9 Å². The van der Waals surface area contributed by atoms with Crippen LogP contribution < -0.4 is 17.0 Å². The van der Waals surface area contributed by atoms with Crippen molar-refractivity contribution in [3.05, 3.63) is 0 Å². The van der Waals surface area contributed by atoms with E-state index in [0.29, 0.717) is 12.3 Å². The third-order valence-corrected chi connectivity index (χ3v) is 3.41. The zero-order chi connectivity index (χ0) is 12.8. The van der Waals surface area contributed by atoms with Gasteiger partial charge in [0.15, 0.2) is 0 Å². The third-order valence-electron chi connectivity index (χ3n) is 3.41. The number of hydrogen-bond donors (Lipinski definition) is 3. The van der Waals surface area contributed by atoms with Crippen molar-refractivity contribution in [2.75, 3.05) is 13.1 Å². The maximum Gasteiger partial charge on any atom is 0.251 e. The Morgan fingerprint density at radius 3 is 2.41 bits per heavy atom. The highest BCUT2D eigenvalue weighted by Crippen LogP contribution is 2.22. The highest BCUT2D eigenvalue weighted by Gasteiger charge is 2.28. The molecule has 1 aliphatic heterocycles. The van der Waals surface area contributed by atoms with Crippen molar-refractivity contribution in [3.8, 4) is 0 Å². The molecule has 1 rings (SSSR count). The van der Waals surface area contributed by atoms with E-state index in [4.69, 9.17) is 11.6 Å². The molecule has 1 saturated heterocycles. The molecule has 0 saturated carbocycles. The minimum atomic E-state index is -0.241. The molecule has 2 amide bonds. The van der Waals surface area contributed by atoms with Gasteiger partial charge in [0, 0.05) is 6.42 Å². The van der Waals surface area contributed by atoms with Crippen LogP contribution in [0.3, 0.4) is 0 Å². The number of nitrogens with two attached hydrogens (primary N) is 2. The van der Waals surface area contributed by atoms with E-state index in [1.165, 1.54) is 0 Å². The number of nitrogens with one attached hydrogen (secondary N) is 1. The number of piperidine rings is 1. The highest BCUT2D eigenvalue weighted by molar-refractivity contribution is 5.81. The van der Waals surface area contributed by atoms with E-state index in [0.717, 1.165) is 32.4 Å². The SMILES string of the molecule is CCC(C(=O)NN)N1CCC(CC(N)=O)CC1. The Morgan fingerprint density at radius 2 is 2.00 bits per heavy atom. The van der Waals surface area contributed by atoms with Crippen LogP contribution in [-0.2, 0) is 9.59 Å². The van der Waals surface area contributed by atoms with E-state index >= 15 is 0 Å². The minimum absolute atomic E-state index is 0.138. The van der Waals surface area contributed by atoms with Crippen molar-refractivity contribution in [1.82, 2.24) is 10.3 Å². The summed E-state index contributed by atoms with van der Waals surface area (Å²) in [7, 11) is 0. The lowest BCUT2D eigenvalue weighted by molar-refractivity contribution is -0.127. The second kappa shape index (κ2) is 6.56. The standard InChI is InChI=1S/C11H22N4O2/c1-2-9(11(17)14-13)15-5-3-8(4-6-15)7-10(12)16/h8-9H,2-7,13H2,1H3,(H2,12,16)(H,14,17). The predicted molar refractivity (Wildman–Crippen MR) is 64.5 cm³/mol. The number of carbonyl (C=O) groups excluding carboxylic acids is 2. The highest BCUT2D eigenvalue weighted by atomic mass is 16.2. The molecule has 0 aromatic carbocycles. The second-order valence-corrected chi connectivity index (χ2v) is 4.58.